The van der Waals surface area contributed by atoms with E-state index in [2.05, 4.69) is 12.2 Å². The normalized spacial score (nSPS) is 12.1. The van der Waals surface area contributed by atoms with Crippen molar-refractivity contribution in [3.63, 3.8) is 0 Å². The van der Waals surface area contributed by atoms with Gasteiger partial charge in [-0.05, 0) is 44.5 Å². The number of unbranched alkanes of at least 4 members (excludes halogenated alkanes) is 1. The summed E-state index contributed by atoms with van der Waals surface area (Å²) in [6.45, 7) is 6.30. The molecule has 1 atom stereocenters. The number of anilines is 1. The number of ketones is 1. The molecule has 22 heavy (non-hydrogen) atoms. The number of carbonyl (C=O) groups is 1. The standard InChI is InChI=1S/C17H28N2O3/c1-4-5-10-22-11-6-9-19-13(2)17(20)14-7-8-16(21-3)15(18)12-14/h7-8,12-13,19H,4-6,9-11,18H2,1-3H3. The van der Waals surface area contributed by atoms with Crippen LogP contribution >= 0.6 is 0 Å². The fourth-order valence-electron chi connectivity index (χ4n) is 2.07. The number of hydrogen-bond donors (Lipinski definition) is 2. The highest BCUT2D eigenvalue weighted by Crippen LogP contribution is 2.22. The highest BCUT2D eigenvalue weighted by Gasteiger charge is 2.15. The summed E-state index contributed by atoms with van der Waals surface area (Å²) < 4.78 is 10.6. The average molecular weight is 308 g/mol. The Hall–Kier alpha value is -1.59. The molecular formula is C17H28N2O3. The first-order valence-electron chi connectivity index (χ1n) is 7.89. The van der Waals surface area contributed by atoms with Gasteiger partial charge in [-0.3, -0.25) is 4.79 Å². The predicted octanol–water partition coefficient (Wildman–Crippen LogP) is 2.65. The van der Waals surface area contributed by atoms with Crippen LogP contribution in [0.4, 0.5) is 5.69 Å². The molecular weight excluding hydrogens is 280 g/mol. The van der Waals surface area contributed by atoms with Crippen molar-refractivity contribution in [1.29, 1.82) is 0 Å². The molecule has 0 fully saturated rings. The van der Waals surface area contributed by atoms with Crippen molar-refractivity contribution in [2.24, 2.45) is 0 Å². The van der Waals surface area contributed by atoms with Gasteiger partial charge in [-0.2, -0.15) is 0 Å². The minimum atomic E-state index is -0.247. The van der Waals surface area contributed by atoms with Gasteiger partial charge >= 0.3 is 0 Å². The quantitative estimate of drug-likeness (QED) is 0.373. The number of nitrogens with one attached hydrogen (secondary N) is 1. The molecule has 124 valence electrons. The third-order valence-corrected chi connectivity index (χ3v) is 3.47. The molecule has 3 N–H and O–H groups in total. The number of Topliss-reactive ketones (excluding diaryl/α,β-unsaturated/α-hetero) is 1. The molecule has 0 aliphatic heterocycles. The molecule has 0 aromatic heterocycles. The Bertz CT molecular complexity index is 463. The number of nitrogens with two attached hydrogens (primary N) is 1. The molecule has 0 spiro atoms. The van der Waals surface area contributed by atoms with Gasteiger partial charge in [0.25, 0.3) is 0 Å². The summed E-state index contributed by atoms with van der Waals surface area (Å²) in [7, 11) is 1.56. The maximum absolute atomic E-state index is 12.3. The van der Waals surface area contributed by atoms with Gasteiger partial charge < -0.3 is 20.5 Å². The monoisotopic (exact) mass is 308 g/mol. The minimum absolute atomic E-state index is 0.0289. The zero-order valence-electron chi connectivity index (χ0n) is 13.9. The Kier molecular flexibility index (Phi) is 8.55. The summed E-state index contributed by atoms with van der Waals surface area (Å²) in [4.78, 5) is 12.3. The van der Waals surface area contributed by atoms with Crippen LogP contribution < -0.4 is 15.8 Å². The highest BCUT2D eigenvalue weighted by molar-refractivity contribution is 6.00. The van der Waals surface area contributed by atoms with E-state index in [-0.39, 0.29) is 11.8 Å². The first-order valence-corrected chi connectivity index (χ1v) is 7.89. The largest absolute Gasteiger partial charge is 0.495 e. The Morgan fingerprint density at radius 1 is 1.32 bits per heavy atom. The molecule has 0 aliphatic carbocycles. The Balaban J connectivity index is 2.34. The van der Waals surface area contributed by atoms with Crippen LogP contribution in [-0.4, -0.2) is 38.7 Å². The summed E-state index contributed by atoms with van der Waals surface area (Å²) in [5.41, 5.74) is 6.91. The molecule has 5 nitrogen and oxygen atoms in total. The van der Waals surface area contributed by atoms with Crippen molar-refractivity contribution in [2.45, 2.75) is 39.2 Å². The van der Waals surface area contributed by atoms with Crippen LogP contribution in [0.25, 0.3) is 0 Å². The van der Waals surface area contributed by atoms with E-state index in [1.807, 2.05) is 6.92 Å². The van der Waals surface area contributed by atoms with Crippen LogP contribution in [-0.2, 0) is 4.74 Å². The molecule has 1 rings (SSSR count). The third kappa shape index (κ3) is 6.03. The van der Waals surface area contributed by atoms with E-state index >= 15 is 0 Å². The van der Waals surface area contributed by atoms with Crippen LogP contribution in [0.3, 0.4) is 0 Å². The fourth-order valence-corrected chi connectivity index (χ4v) is 2.07. The van der Waals surface area contributed by atoms with E-state index in [0.29, 0.717) is 17.0 Å². The second-order valence-corrected chi connectivity index (χ2v) is 5.32. The molecule has 0 aliphatic rings. The molecule has 0 saturated heterocycles. The Labute approximate surface area is 133 Å². The van der Waals surface area contributed by atoms with Gasteiger partial charge in [0, 0.05) is 18.8 Å². The number of hydrogen-bond acceptors (Lipinski definition) is 5. The first-order chi connectivity index (χ1) is 10.6. The van der Waals surface area contributed by atoms with Crippen LogP contribution in [0.5, 0.6) is 5.75 Å². The molecule has 0 radical (unpaired) electrons. The van der Waals surface area contributed by atoms with Gasteiger partial charge in [0.2, 0.25) is 0 Å². The summed E-state index contributed by atoms with van der Waals surface area (Å²) in [6.07, 6.45) is 3.14. The number of carbonyl (C=O) groups excluding carboxylic acids is 1. The van der Waals surface area contributed by atoms with E-state index < -0.39 is 0 Å². The van der Waals surface area contributed by atoms with Gasteiger partial charge in [-0.1, -0.05) is 13.3 Å². The molecule has 0 heterocycles. The van der Waals surface area contributed by atoms with Gasteiger partial charge in [-0.25, -0.2) is 0 Å². The van der Waals surface area contributed by atoms with Crippen molar-refractivity contribution in [3.8, 4) is 5.75 Å². The lowest BCUT2D eigenvalue weighted by atomic mass is 10.0. The lowest BCUT2D eigenvalue weighted by molar-refractivity contribution is 0.0944. The van der Waals surface area contributed by atoms with Crippen molar-refractivity contribution >= 4 is 11.5 Å². The second kappa shape index (κ2) is 10.2. The molecule has 5 heteroatoms. The number of rotatable bonds is 11. The smallest absolute Gasteiger partial charge is 0.179 e. The topological polar surface area (TPSA) is 73.6 Å². The molecule has 0 amide bonds. The molecule has 0 bridgehead atoms. The SMILES string of the molecule is CCCCOCCCNC(C)C(=O)c1ccc(OC)c(N)c1. The van der Waals surface area contributed by atoms with Gasteiger partial charge in [0.05, 0.1) is 18.8 Å². The van der Waals surface area contributed by atoms with E-state index in [1.165, 1.54) is 0 Å². The van der Waals surface area contributed by atoms with Crippen molar-refractivity contribution in [3.05, 3.63) is 23.8 Å². The fraction of sp³-hybridized carbons (Fsp3) is 0.588. The molecule has 1 unspecified atom stereocenters. The average Bonchev–Trinajstić information content (AvgIpc) is 2.53. The van der Waals surface area contributed by atoms with Gasteiger partial charge in [-0.15, -0.1) is 0 Å². The summed E-state index contributed by atoms with van der Waals surface area (Å²) >= 11 is 0. The van der Waals surface area contributed by atoms with E-state index in [0.717, 1.165) is 39.0 Å². The first kappa shape index (κ1) is 18.5. The number of benzene rings is 1. The zero-order chi connectivity index (χ0) is 16.4. The van der Waals surface area contributed by atoms with E-state index in [1.54, 1.807) is 25.3 Å². The van der Waals surface area contributed by atoms with Crippen LogP contribution in [0, 0.1) is 0 Å². The minimum Gasteiger partial charge on any atom is -0.495 e. The lowest BCUT2D eigenvalue weighted by Gasteiger charge is -2.14. The maximum Gasteiger partial charge on any atom is 0.179 e. The van der Waals surface area contributed by atoms with Crippen molar-refractivity contribution in [1.82, 2.24) is 5.32 Å². The van der Waals surface area contributed by atoms with Gasteiger partial charge in [0.1, 0.15) is 5.75 Å². The predicted molar refractivity (Wildman–Crippen MR) is 89.5 cm³/mol. The lowest BCUT2D eigenvalue weighted by Crippen LogP contribution is -2.35. The summed E-state index contributed by atoms with van der Waals surface area (Å²) in [5.74, 6) is 0.614. The van der Waals surface area contributed by atoms with E-state index in [4.69, 9.17) is 15.2 Å². The summed E-state index contributed by atoms with van der Waals surface area (Å²) in [5, 5.41) is 3.22. The van der Waals surface area contributed by atoms with E-state index in [9.17, 15) is 4.79 Å². The van der Waals surface area contributed by atoms with Crippen LogP contribution in [0.1, 0.15) is 43.5 Å². The van der Waals surface area contributed by atoms with Crippen molar-refractivity contribution < 1.29 is 14.3 Å². The molecule has 1 aromatic carbocycles. The number of ether oxygens (including phenoxy) is 2. The zero-order valence-corrected chi connectivity index (χ0v) is 13.9. The molecule has 0 saturated carbocycles. The highest BCUT2D eigenvalue weighted by atomic mass is 16.5. The Morgan fingerprint density at radius 3 is 2.68 bits per heavy atom. The number of methoxy groups -OCH3 is 1. The summed E-state index contributed by atoms with van der Waals surface area (Å²) in [6, 6.07) is 4.87. The van der Waals surface area contributed by atoms with Crippen LogP contribution in [0.2, 0.25) is 0 Å². The Morgan fingerprint density at radius 2 is 2.05 bits per heavy atom. The van der Waals surface area contributed by atoms with Crippen molar-refractivity contribution in [2.75, 3.05) is 32.6 Å². The van der Waals surface area contributed by atoms with Crippen LogP contribution in [0.15, 0.2) is 18.2 Å². The molecule has 1 aromatic rings. The van der Waals surface area contributed by atoms with Gasteiger partial charge in [0.15, 0.2) is 5.78 Å². The number of nitrogen functional groups attached to an aromatic ring is 1. The second-order valence-electron chi connectivity index (χ2n) is 5.32. The maximum atomic E-state index is 12.3. The third-order valence-electron chi connectivity index (χ3n) is 3.47.